The lowest BCUT2D eigenvalue weighted by atomic mass is 10.1. The molecule has 1 aromatic rings. The predicted molar refractivity (Wildman–Crippen MR) is 50.9 cm³/mol. The lowest BCUT2D eigenvalue weighted by Crippen LogP contribution is -1.98. The fraction of sp³-hybridized carbons (Fsp3) is 0.455. The first-order valence-corrected chi connectivity index (χ1v) is 4.62. The molecule has 0 bridgehead atoms. The van der Waals surface area contributed by atoms with Gasteiger partial charge in [-0.3, -0.25) is 0 Å². The first kappa shape index (κ1) is 8.57. The van der Waals surface area contributed by atoms with Crippen LogP contribution in [0.5, 0.6) is 5.75 Å². The first-order valence-electron chi connectivity index (χ1n) is 4.62. The number of hydrogen-bond donors (Lipinski definition) is 0. The Balaban J connectivity index is 2.03. The second-order valence-electron chi connectivity index (χ2n) is 3.40. The lowest BCUT2D eigenvalue weighted by molar-refractivity contribution is 0.0511. The van der Waals surface area contributed by atoms with E-state index in [1.54, 1.807) is 7.11 Å². The third-order valence-electron chi connectivity index (χ3n) is 2.25. The Hall–Kier alpha value is -1.02. The monoisotopic (exact) mass is 178 g/mol. The molecule has 1 aliphatic carbocycles. The Kier molecular flexibility index (Phi) is 2.50. The predicted octanol–water partition coefficient (Wildman–Crippen LogP) is 2.55. The molecule has 70 valence electrons. The summed E-state index contributed by atoms with van der Waals surface area (Å²) in [4.78, 5) is 0. The summed E-state index contributed by atoms with van der Waals surface area (Å²) in [5.41, 5.74) is 1.40. The van der Waals surface area contributed by atoms with Gasteiger partial charge < -0.3 is 9.47 Å². The van der Waals surface area contributed by atoms with Gasteiger partial charge >= 0.3 is 0 Å². The van der Waals surface area contributed by atoms with Crippen LogP contribution in [-0.4, -0.2) is 13.9 Å². The molecule has 0 aromatic heterocycles. The zero-order chi connectivity index (χ0) is 9.10. The Morgan fingerprint density at radius 3 is 2.92 bits per heavy atom. The molecule has 13 heavy (non-hydrogen) atoms. The van der Waals surface area contributed by atoms with E-state index in [9.17, 15) is 0 Å². The molecule has 2 rings (SSSR count). The van der Waals surface area contributed by atoms with Gasteiger partial charge in [-0.25, -0.2) is 0 Å². The fourth-order valence-electron chi connectivity index (χ4n) is 1.40. The SMILES string of the molecule is COCOc1cccc(C2CC2)c1. The van der Waals surface area contributed by atoms with Crippen LogP contribution in [0.2, 0.25) is 0 Å². The summed E-state index contributed by atoms with van der Waals surface area (Å²) in [6.45, 7) is 0.327. The molecule has 0 saturated heterocycles. The van der Waals surface area contributed by atoms with Crippen LogP contribution in [0.15, 0.2) is 24.3 Å². The molecule has 0 heterocycles. The molecular formula is C11H14O2. The molecule has 2 nitrogen and oxygen atoms in total. The fourth-order valence-corrected chi connectivity index (χ4v) is 1.40. The van der Waals surface area contributed by atoms with Crippen molar-refractivity contribution in [2.24, 2.45) is 0 Å². The van der Waals surface area contributed by atoms with Gasteiger partial charge in [-0.1, -0.05) is 12.1 Å². The zero-order valence-corrected chi connectivity index (χ0v) is 7.82. The van der Waals surface area contributed by atoms with Crippen molar-refractivity contribution in [2.45, 2.75) is 18.8 Å². The summed E-state index contributed by atoms with van der Waals surface area (Å²) in [5.74, 6) is 1.69. The van der Waals surface area contributed by atoms with Gasteiger partial charge in [0.2, 0.25) is 0 Å². The van der Waals surface area contributed by atoms with E-state index in [4.69, 9.17) is 9.47 Å². The van der Waals surface area contributed by atoms with Crippen molar-refractivity contribution < 1.29 is 9.47 Å². The molecule has 0 radical (unpaired) electrons. The Labute approximate surface area is 78.5 Å². The van der Waals surface area contributed by atoms with E-state index in [0.29, 0.717) is 6.79 Å². The summed E-state index contributed by atoms with van der Waals surface area (Å²) in [5, 5.41) is 0. The third-order valence-corrected chi connectivity index (χ3v) is 2.25. The summed E-state index contributed by atoms with van der Waals surface area (Å²) in [7, 11) is 1.63. The molecule has 0 unspecified atom stereocenters. The van der Waals surface area contributed by atoms with Gasteiger partial charge in [-0.15, -0.1) is 0 Å². The van der Waals surface area contributed by atoms with E-state index < -0.39 is 0 Å². The van der Waals surface area contributed by atoms with E-state index in [2.05, 4.69) is 12.1 Å². The molecule has 1 fully saturated rings. The van der Waals surface area contributed by atoms with Gasteiger partial charge in [0.15, 0.2) is 6.79 Å². The summed E-state index contributed by atoms with van der Waals surface area (Å²) >= 11 is 0. The van der Waals surface area contributed by atoms with Gasteiger partial charge in [-0.2, -0.15) is 0 Å². The third kappa shape index (κ3) is 2.22. The van der Waals surface area contributed by atoms with Crippen molar-refractivity contribution in [3.8, 4) is 5.75 Å². The molecule has 0 aliphatic heterocycles. The van der Waals surface area contributed by atoms with Gasteiger partial charge in [0.25, 0.3) is 0 Å². The minimum Gasteiger partial charge on any atom is -0.468 e. The molecule has 0 spiro atoms. The number of ether oxygens (including phenoxy) is 2. The molecule has 0 N–H and O–H groups in total. The zero-order valence-electron chi connectivity index (χ0n) is 7.82. The number of rotatable bonds is 4. The van der Waals surface area contributed by atoms with Crippen LogP contribution >= 0.6 is 0 Å². The van der Waals surface area contributed by atoms with Crippen LogP contribution in [0, 0.1) is 0 Å². The van der Waals surface area contributed by atoms with Crippen LogP contribution in [-0.2, 0) is 4.74 Å². The molecule has 1 aromatic carbocycles. The Bertz CT molecular complexity index is 279. The summed E-state index contributed by atoms with van der Waals surface area (Å²) in [6.07, 6.45) is 2.65. The maximum atomic E-state index is 5.35. The molecular weight excluding hydrogens is 164 g/mol. The van der Waals surface area contributed by atoms with Gasteiger partial charge in [0, 0.05) is 7.11 Å². The number of methoxy groups -OCH3 is 1. The largest absolute Gasteiger partial charge is 0.468 e. The first-order chi connectivity index (χ1) is 6.40. The van der Waals surface area contributed by atoms with E-state index in [1.807, 2.05) is 12.1 Å². The van der Waals surface area contributed by atoms with Crippen molar-refractivity contribution in [1.29, 1.82) is 0 Å². The van der Waals surface area contributed by atoms with E-state index in [0.717, 1.165) is 11.7 Å². The molecule has 2 heteroatoms. The highest BCUT2D eigenvalue weighted by molar-refractivity contribution is 5.32. The van der Waals surface area contributed by atoms with Crippen LogP contribution < -0.4 is 4.74 Å². The molecule has 1 saturated carbocycles. The van der Waals surface area contributed by atoms with Crippen molar-refractivity contribution >= 4 is 0 Å². The summed E-state index contributed by atoms with van der Waals surface area (Å²) in [6, 6.07) is 8.28. The minimum atomic E-state index is 0.327. The van der Waals surface area contributed by atoms with Crippen LogP contribution in [0.3, 0.4) is 0 Å². The maximum absolute atomic E-state index is 5.35. The minimum absolute atomic E-state index is 0.327. The molecule has 0 atom stereocenters. The second kappa shape index (κ2) is 3.79. The van der Waals surface area contributed by atoms with Crippen molar-refractivity contribution in [1.82, 2.24) is 0 Å². The Morgan fingerprint density at radius 2 is 2.23 bits per heavy atom. The number of hydrogen-bond acceptors (Lipinski definition) is 2. The smallest absolute Gasteiger partial charge is 0.188 e. The Morgan fingerprint density at radius 1 is 1.38 bits per heavy atom. The van der Waals surface area contributed by atoms with E-state index >= 15 is 0 Å². The van der Waals surface area contributed by atoms with Gasteiger partial charge in [0.1, 0.15) is 5.75 Å². The highest BCUT2D eigenvalue weighted by Gasteiger charge is 2.23. The molecule has 1 aliphatic rings. The van der Waals surface area contributed by atoms with Crippen molar-refractivity contribution in [2.75, 3.05) is 13.9 Å². The number of benzene rings is 1. The van der Waals surface area contributed by atoms with Gasteiger partial charge in [-0.05, 0) is 36.5 Å². The van der Waals surface area contributed by atoms with E-state index in [1.165, 1.54) is 18.4 Å². The summed E-state index contributed by atoms with van der Waals surface area (Å²) < 4.78 is 10.2. The average molecular weight is 178 g/mol. The quantitative estimate of drug-likeness (QED) is 0.660. The van der Waals surface area contributed by atoms with Crippen LogP contribution in [0.25, 0.3) is 0 Å². The highest BCUT2D eigenvalue weighted by atomic mass is 16.7. The highest BCUT2D eigenvalue weighted by Crippen LogP contribution is 2.40. The lowest BCUT2D eigenvalue weighted by Gasteiger charge is -2.05. The standard InChI is InChI=1S/C11H14O2/c1-12-8-13-11-4-2-3-10(7-11)9-5-6-9/h2-4,7,9H,5-6,8H2,1H3. The second-order valence-corrected chi connectivity index (χ2v) is 3.40. The maximum Gasteiger partial charge on any atom is 0.188 e. The topological polar surface area (TPSA) is 18.5 Å². The van der Waals surface area contributed by atoms with Gasteiger partial charge in [0.05, 0.1) is 0 Å². The van der Waals surface area contributed by atoms with Crippen LogP contribution in [0.1, 0.15) is 24.3 Å². The molecule has 0 amide bonds. The normalized spacial score (nSPS) is 15.8. The van der Waals surface area contributed by atoms with Crippen molar-refractivity contribution in [3.63, 3.8) is 0 Å². The van der Waals surface area contributed by atoms with E-state index in [-0.39, 0.29) is 0 Å². The van der Waals surface area contributed by atoms with Crippen molar-refractivity contribution in [3.05, 3.63) is 29.8 Å². The van der Waals surface area contributed by atoms with Crippen LogP contribution in [0.4, 0.5) is 0 Å². The average Bonchev–Trinajstić information content (AvgIpc) is 2.98.